The first-order valence-electron chi connectivity index (χ1n) is 5.19. The minimum absolute atomic E-state index is 0.0298. The maximum atomic E-state index is 12.6. The van der Waals surface area contributed by atoms with E-state index in [1.165, 1.54) is 12.1 Å². The second-order valence-electron chi connectivity index (χ2n) is 3.97. The monoisotopic (exact) mass is 211 g/mol. The van der Waals surface area contributed by atoms with Crippen molar-refractivity contribution in [3.63, 3.8) is 0 Å². The van der Waals surface area contributed by atoms with E-state index < -0.39 is 0 Å². The topological polar surface area (TPSA) is 35.2 Å². The summed E-state index contributed by atoms with van der Waals surface area (Å²) in [7, 11) is 0. The summed E-state index contributed by atoms with van der Waals surface area (Å²) in [6, 6.07) is 6.38. The van der Waals surface area contributed by atoms with E-state index in [2.05, 4.69) is 0 Å². The van der Waals surface area contributed by atoms with Crippen LogP contribution in [0.25, 0.3) is 0 Å². The molecule has 0 saturated carbocycles. The van der Waals surface area contributed by atoms with Gasteiger partial charge in [0, 0.05) is 6.04 Å². The average Bonchev–Trinajstić information content (AvgIpc) is 2.19. The van der Waals surface area contributed by atoms with Gasteiger partial charge in [-0.15, -0.1) is 0 Å². The molecule has 0 bridgehead atoms. The predicted octanol–water partition coefficient (Wildman–Crippen LogP) is 2.12. The van der Waals surface area contributed by atoms with Gasteiger partial charge in [-0.2, -0.15) is 0 Å². The van der Waals surface area contributed by atoms with E-state index in [4.69, 9.17) is 10.5 Å². The molecule has 0 aliphatic carbocycles. The van der Waals surface area contributed by atoms with Crippen LogP contribution in [-0.2, 0) is 11.2 Å². The van der Waals surface area contributed by atoms with Gasteiger partial charge in [0.05, 0.1) is 12.7 Å². The molecule has 84 valence electrons. The van der Waals surface area contributed by atoms with Crippen LogP contribution in [0, 0.1) is 5.82 Å². The number of rotatable bonds is 5. The highest BCUT2D eigenvalue weighted by molar-refractivity contribution is 5.17. The van der Waals surface area contributed by atoms with E-state index in [1.54, 1.807) is 12.1 Å². The van der Waals surface area contributed by atoms with Crippen LogP contribution < -0.4 is 5.73 Å². The quantitative estimate of drug-likeness (QED) is 0.809. The molecule has 1 rings (SSSR count). The van der Waals surface area contributed by atoms with Crippen LogP contribution in [0.1, 0.15) is 19.4 Å². The fraction of sp³-hybridized carbons (Fsp3) is 0.500. The molecule has 0 amide bonds. The largest absolute Gasteiger partial charge is 0.377 e. The molecule has 0 saturated heterocycles. The molecule has 1 aromatic carbocycles. The van der Waals surface area contributed by atoms with Crippen molar-refractivity contribution in [3.8, 4) is 0 Å². The van der Waals surface area contributed by atoms with E-state index in [-0.39, 0.29) is 18.0 Å². The van der Waals surface area contributed by atoms with Gasteiger partial charge in [0.2, 0.25) is 0 Å². The van der Waals surface area contributed by atoms with Crippen LogP contribution in [0.15, 0.2) is 24.3 Å². The molecule has 3 heteroatoms. The van der Waals surface area contributed by atoms with E-state index >= 15 is 0 Å². The van der Waals surface area contributed by atoms with Crippen LogP contribution in [0.3, 0.4) is 0 Å². The van der Waals surface area contributed by atoms with Crippen molar-refractivity contribution in [3.05, 3.63) is 35.6 Å². The van der Waals surface area contributed by atoms with Gasteiger partial charge in [0.1, 0.15) is 5.82 Å². The Balaban J connectivity index is 2.37. The van der Waals surface area contributed by atoms with E-state index in [9.17, 15) is 4.39 Å². The molecule has 0 spiro atoms. The lowest BCUT2D eigenvalue weighted by atomic mass is 10.1. The summed E-state index contributed by atoms with van der Waals surface area (Å²) in [5.41, 5.74) is 6.91. The Bertz CT molecular complexity index is 284. The Kier molecular flexibility index (Phi) is 4.72. The van der Waals surface area contributed by atoms with Crippen LogP contribution in [0.4, 0.5) is 4.39 Å². The molecule has 0 fully saturated rings. The fourth-order valence-electron chi connectivity index (χ4n) is 1.30. The number of hydrogen-bond donors (Lipinski definition) is 1. The van der Waals surface area contributed by atoms with Gasteiger partial charge in [-0.25, -0.2) is 4.39 Å². The van der Waals surface area contributed by atoms with Gasteiger partial charge in [0.25, 0.3) is 0 Å². The van der Waals surface area contributed by atoms with Crippen LogP contribution in [0.5, 0.6) is 0 Å². The van der Waals surface area contributed by atoms with Crippen molar-refractivity contribution in [1.29, 1.82) is 0 Å². The first kappa shape index (κ1) is 12.1. The lowest BCUT2D eigenvalue weighted by Crippen LogP contribution is -2.30. The summed E-state index contributed by atoms with van der Waals surface area (Å²) >= 11 is 0. The highest BCUT2D eigenvalue weighted by Gasteiger charge is 2.05. The predicted molar refractivity (Wildman–Crippen MR) is 59.2 cm³/mol. The molecule has 0 radical (unpaired) electrons. The van der Waals surface area contributed by atoms with Crippen molar-refractivity contribution in [2.45, 2.75) is 32.4 Å². The second-order valence-corrected chi connectivity index (χ2v) is 3.97. The first-order chi connectivity index (χ1) is 7.08. The summed E-state index contributed by atoms with van der Waals surface area (Å²) in [4.78, 5) is 0. The summed E-state index contributed by atoms with van der Waals surface area (Å²) in [6.07, 6.45) is 0.914. The third-order valence-corrected chi connectivity index (χ3v) is 2.05. The molecular weight excluding hydrogens is 193 g/mol. The van der Waals surface area contributed by atoms with E-state index in [1.807, 2.05) is 13.8 Å². The summed E-state index contributed by atoms with van der Waals surface area (Å²) in [6.45, 7) is 4.49. The van der Waals surface area contributed by atoms with Crippen LogP contribution >= 0.6 is 0 Å². The Morgan fingerprint density at radius 3 is 2.40 bits per heavy atom. The molecule has 1 atom stereocenters. The maximum absolute atomic E-state index is 12.6. The zero-order valence-corrected chi connectivity index (χ0v) is 9.24. The Hall–Kier alpha value is -0.930. The molecule has 1 aromatic rings. The number of ether oxygens (including phenoxy) is 1. The lowest BCUT2D eigenvalue weighted by Gasteiger charge is -2.14. The zero-order chi connectivity index (χ0) is 11.3. The molecule has 15 heavy (non-hydrogen) atoms. The molecule has 0 aromatic heterocycles. The molecule has 1 unspecified atom stereocenters. The van der Waals surface area contributed by atoms with Crippen molar-refractivity contribution in [2.24, 2.45) is 5.73 Å². The Morgan fingerprint density at radius 1 is 1.27 bits per heavy atom. The van der Waals surface area contributed by atoms with Crippen molar-refractivity contribution in [2.75, 3.05) is 6.61 Å². The van der Waals surface area contributed by atoms with E-state index in [0.717, 1.165) is 5.56 Å². The molecule has 0 aliphatic rings. The summed E-state index contributed by atoms with van der Waals surface area (Å²) in [5.74, 6) is -0.217. The third-order valence-electron chi connectivity index (χ3n) is 2.05. The van der Waals surface area contributed by atoms with Crippen LogP contribution in [-0.4, -0.2) is 18.8 Å². The smallest absolute Gasteiger partial charge is 0.123 e. The van der Waals surface area contributed by atoms with Gasteiger partial charge in [-0.1, -0.05) is 12.1 Å². The first-order valence-corrected chi connectivity index (χ1v) is 5.19. The lowest BCUT2D eigenvalue weighted by molar-refractivity contribution is 0.0684. The van der Waals surface area contributed by atoms with Crippen molar-refractivity contribution >= 4 is 0 Å². The van der Waals surface area contributed by atoms with Crippen molar-refractivity contribution in [1.82, 2.24) is 0 Å². The third kappa shape index (κ3) is 4.91. The van der Waals surface area contributed by atoms with Gasteiger partial charge >= 0.3 is 0 Å². The van der Waals surface area contributed by atoms with Gasteiger partial charge in [0.15, 0.2) is 0 Å². The summed E-state index contributed by atoms with van der Waals surface area (Å²) < 4.78 is 18.0. The average molecular weight is 211 g/mol. The summed E-state index contributed by atoms with van der Waals surface area (Å²) in [5, 5.41) is 0. The highest BCUT2D eigenvalue weighted by atomic mass is 19.1. The number of hydrogen-bond acceptors (Lipinski definition) is 2. The van der Waals surface area contributed by atoms with Gasteiger partial charge in [-0.05, 0) is 38.0 Å². The number of halogens is 1. The van der Waals surface area contributed by atoms with E-state index in [0.29, 0.717) is 13.0 Å². The Labute approximate surface area is 90.2 Å². The fourth-order valence-corrected chi connectivity index (χ4v) is 1.30. The molecule has 0 heterocycles. The normalized spacial score (nSPS) is 13.1. The molecule has 0 aliphatic heterocycles. The minimum atomic E-state index is -0.217. The standard InChI is InChI=1S/C12H18FNO/c1-9(2)15-8-12(14)7-10-3-5-11(13)6-4-10/h3-6,9,12H,7-8,14H2,1-2H3. The molecular formula is C12H18FNO. The minimum Gasteiger partial charge on any atom is -0.377 e. The highest BCUT2D eigenvalue weighted by Crippen LogP contribution is 2.05. The van der Waals surface area contributed by atoms with Crippen LogP contribution in [0.2, 0.25) is 0 Å². The van der Waals surface area contributed by atoms with Gasteiger partial charge < -0.3 is 10.5 Å². The molecule has 2 nitrogen and oxygen atoms in total. The SMILES string of the molecule is CC(C)OCC(N)Cc1ccc(F)cc1. The van der Waals surface area contributed by atoms with Crippen molar-refractivity contribution < 1.29 is 9.13 Å². The molecule has 2 N–H and O–H groups in total. The number of benzene rings is 1. The van der Waals surface area contributed by atoms with Gasteiger partial charge in [-0.3, -0.25) is 0 Å². The number of nitrogens with two attached hydrogens (primary N) is 1. The second kappa shape index (κ2) is 5.83. The maximum Gasteiger partial charge on any atom is 0.123 e. The zero-order valence-electron chi connectivity index (χ0n) is 9.24. The Morgan fingerprint density at radius 2 is 1.87 bits per heavy atom.